The maximum Gasteiger partial charge on any atom is 0.178 e. The molecule has 0 amide bonds. The Morgan fingerprint density at radius 2 is 2.00 bits per heavy atom. The van der Waals surface area contributed by atoms with Crippen molar-refractivity contribution in [1.82, 2.24) is 0 Å². The lowest BCUT2D eigenvalue weighted by Gasteiger charge is -2.15. The van der Waals surface area contributed by atoms with Gasteiger partial charge in [0, 0.05) is 5.69 Å². The van der Waals surface area contributed by atoms with Crippen molar-refractivity contribution in [2.45, 2.75) is 38.5 Å². The second-order valence-corrected chi connectivity index (χ2v) is 7.47. The van der Waals surface area contributed by atoms with Crippen molar-refractivity contribution < 1.29 is 8.42 Å². The first-order valence-corrected chi connectivity index (χ1v) is 7.84. The van der Waals surface area contributed by atoms with Crippen LogP contribution in [0.5, 0.6) is 0 Å². The van der Waals surface area contributed by atoms with Crippen LogP contribution in [0.2, 0.25) is 0 Å². The van der Waals surface area contributed by atoms with E-state index >= 15 is 0 Å². The highest BCUT2D eigenvalue weighted by molar-refractivity contribution is 7.91. The number of rotatable bonds is 5. The minimum Gasteiger partial charge on any atom is -0.398 e. The number of hydrogen-bond donors (Lipinski definition) is 1. The fourth-order valence-electron chi connectivity index (χ4n) is 1.84. The maximum atomic E-state index is 12.2. The minimum absolute atomic E-state index is 0.0441. The zero-order valence-electron chi connectivity index (χ0n) is 11.6. The Hall–Kier alpha value is -1.54. The number of anilines is 1. The van der Waals surface area contributed by atoms with E-state index in [-0.39, 0.29) is 5.75 Å². The molecule has 5 heteroatoms. The summed E-state index contributed by atoms with van der Waals surface area (Å²) < 4.78 is 24.5. The highest BCUT2D eigenvalue weighted by Gasteiger charge is 2.21. The molecule has 0 heterocycles. The monoisotopic (exact) mass is 280 g/mol. The standard InChI is InChI=1S/C14H20N2O2S/c1-11-12(16)6-4-7-13(11)19(17,18)9-5-8-14(2,3)10-15/h4,6-7H,5,8-9,16H2,1-3H3. The van der Waals surface area contributed by atoms with E-state index in [2.05, 4.69) is 6.07 Å². The summed E-state index contributed by atoms with van der Waals surface area (Å²) in [5, 5.41) is 8.91. The molecule has 0 aliphatic heterocycles. The highest BCUT2D eigenvalue weighted by atomic mass is 32.2. The van der Waals surface area contributed by atoms with Crippen molar-refractivity contribution in [3.8, 4) is 6.07 Å². The van der Waals surface area contributed by atoms with Gasteiger partial charge >= 0.3 is 0 Å². The average Bonchev–Trinajstić information content (AvgIpc) is 2.32. The normalized spacial score (nSPS) is 12.1. The Labute approximate surface area is 115 Å². The lowest BCUT2D eigenvalue weighted by molar-refractivity contribution is 0.445. The fourth-order valence-corrected chi connectivity index (χ4v) is 3.45. The molecular weight excluding hydrogens is 260 g/mol. The first-order valence-electron chi connectivity index (χ1n) is 6.19. The number of nitrogens with zero attached hydrogens (tertiary/aromatic N) is 1. The molecule has 2 N–H and O–H groups in total. The molecule has 0 bridgehead atoms. The summed E-state index contributed by atoms with van der Waals surface area (Å²) in [4.78, 5) is 0.294. The van der Waals surface area contributed by atoms with Crippen LogP contribution < -0.4 is 5.73 Å². The second kappa shape index (κ2) is 5.62. The predicted molar refractivity (Wildman–Crippen MR) is 76.3 cm³/mol. The van der Waals surface area contributed by atoms with Gasteiger partial charge in [0.2, 0.25) is 0 Å². The molecule has 1 aromatic carbocycles. The Morgan fingerprint density at radius 1 is 1.37 bits per heavy atom. The van der Waals surface area contributed by atoms with Crippen molar-refractivity contribution in [1.29, 1.82) is 5.26 Å². The van der Waals surface area contributed by atoms with Crippen LogP contribution >= 0.6 is 0 Å². The molecule has 0 aromatic heterocycles. The van der Waals surface area contributed by atoms with E-state index in [0.717, 1.165) is 0 Å². The first kappa shape index (κ1) is 15.5. The van der Waals surface area contributed by atoms with Crippen molar-refractivity contribution in [3.05, 3.63) is 23.8 Å². The van der Waals surface area contributed by atoms with Crippen LogP contribution in [0.15, 0.2) is 23.1 Å². The van der Waals surface area contributed by atoms with Crippen molar-refractivity contribution in [2.24, 2.45) is 5.41 Å². The third kappa shape index (κ3) is 3.97. The molecule has 1 aromatic rings. The summed E-state index contributed by atoms with van der Waals surface area (Å²) in [5.74, 6) is 0.0441. The summed E-state index contributed by atoms with van der Waals surface area (Å²) in [6.45, 7) is 5.33. The molecule has 0 spiro atoms. The molecule has 19 heavy (non-hydrogen) atoms. The Bertz CT molecular complexity index is 598. The molecule has 0 radical (unpaired) electrons. The van der Waals surface area contributed by atoms with Gasteiger partial charge in [-0.2, -0.15) is 5.26 Å². The summed E-state index contributed by atoms with van der Waals surface area (Å²) >= 11 is 0. The number of hydrogen-bond acceptors (Lipinski definition) is 4. The summed E-state index contributed by atoms with van der Waals surface area (Å²) in [5.41, 5.74) is 6.33. The molecule has 0 unspecified atom stereocenters. The largest absolute Gasteiger partial charge is 0.398 e. The zero-order valence-corrected chi connectivity index (χ0v) is 12.4. The topological polar surface area (TPSA) is 84.0 Å². The van der Waals surface area contributed by atoms with Gasteiger partial charge in [0.1, 0.15) is 0 Å². The van der Waals surface area contributed by atoms with Crippen LogP contribution in [0.3, 0.4) is 0 Å². The van der Waals surface area contributed by atoms with Gasteiger partial charge in [-0.15, -0.1) is 0 Å². The summed E-state index contributed by atoms with van der Waals surface area (Å²) in [6.07, 6.45) is 1.03. The first-order chi connectivity index (χ1) is 8.69. The summed E-state index contributed by atoms with van der Waals surface area (Å²) in [6, 6.07) is 7.09. The molecule has 4 nitrogen and oxygen atoms in total. The Balaban J connectivity index is 2.84. The van der Waals surface area contributed by atoms with E-state index in [4.69, 9.17) is 11.0 Å². The van der Waals surface area contributed by atoms with Crippen molar-refractivity contribution >= 4 is 15.5 Å². The molecule has 0 aliphatic rings. The molecule has 0 saturated heterocycles. The smallest absolute Gasteiger partial charge is 0.178 e. The molecule has 0 atom stereocenters. The van der Waals surface area contributed by atoms with Gasteiger partial charge in [0.15, 0.2) is 9.84 Å². The van der Waals surface area contributed by atoms with Gasteiger partial charge in [0.25, 0.3) is 0 Å². The average molecular weight is 280 g/mol. The van der Waals surface area contributed by atoms with Gasteiger partial charge < -0.3 is 5.73 Å². The molecule has 0 fully saturated rings. The number of nitrogen functional groups attached to an aromatic ring is 1. The number of nitriles is 1. The number of benzene rings is 1. The second-order valence-electron chi connectivity index (χ2n) is 5.39. The molecule has 1 rings (SSSR count). The van der Waals surface area contributed by atoms with Gasteiger partial charge in [-0.3, -0.25) is 0 Å². The van der Waals surface area contributed by atoms with Crippen LogP contribution in [0.1, 0.15) is 32.3 Å². The van der Waals surface area contributed by atoms with Gasteiger partial charge in [-0.1, -0.05) is 6.07 Å². The number of sulfone groups is 1. The molecular formula is C14H20N2O2S. The highest BCUT2D eigenvalue weighted by Crippen LogP contribution is 2.25. The van der Waals surface area contributed by atoms with E-state index in [1.165, 1.54) is 0 Å². The van der Waals surface area contributed by atoms with Crippen LogP contribution in [0.4, 0.5) is 5.69 Å². The van der Waals surface area contributed by atoms with E-state index < -0.39 is 15.3 Å². The van der Waals surface area contributed by atoms with Crippen LogP contribution in [0, 0.1) is 23.7 Å². The lowest BCUT2D eigenvalue weighted by atomic mass is 9.90. The third-order valence-electron chi connectivity index (χ3n) is 3.18. The zero-order chi connectivity index (χ0) is 14.7. The number of nitrogens with two attached hydrogens (primary N) is 1. The van der Waals surface area contributed by atoms with E-state index in [9.17, 15) is 8.42 Å². The molecule has 0 saturated carbocycles. The fraction of sp³-hybridized carbons (Fsp3) is 0.500. The Morgan fingerprint density at radius 3 is 2.58 bits per heavy atom. The predicted octanol–water partition coefficient (Wildman–Crippen LogP) is 2.68. The van der Waals surface area contributed by atoms with Gasteiger partial charge in [-0.05, 0) is 51.3 Å². The van der Waals surface area contributed by atoms with Crippen LogP contribution in [-0.2, 0) is 9.84 Å². The lowest BCUT2D eigenvalue weighted by Crippen LogP contribution is -2.14. The SMILES string of the molecule is Cc1c(N)cccc1S(=O)(=O)CCCC(C)(C)C#N. The van der Waals surface area contributed by atoms with E-state index in [1.807, 2.05) is 13.8 Å². The third-order valence-corrected chi connectivity index (χ3v) is 5.12. The Kier molecular flexibility index (Phi) is 4.59. The van der Waals surface area contributed by atoms with Crippen LogP contribution in [-0.4, -0.2) is 14.2 Å². The molecule has 104 valence electrons. The van der Waals surface area contributed by atoms with Gasteiger partial charge in [0.05, 0.1) is 22.1 Å². The quantitative estimate of drug-likeness (QED) is 0.840. The van der Waals surface area contributed by atoms with Crippen molar-refractivity contribution in [3.63, 3.8) is 0 Å². The maximum absolute atomic E-state index is 12.2. The minimum atomic E-state index is -3.33. The van der Waals surface area contributed by atoms with Gasteiger partial charge in [-0.25, -0.2) is 8.42 Å². The molecule has 0 aliphatic carbocycles. The van der Waals surface area contributed by atoms with Crippen LogP contribution in [0.25, 0.3) is 0 Å². The van der Waals surface area contributed by atoms with E-state index in [1.54, 1.807) is 25.1 Å². The summed E-state index contributed by atoms with van der Waals surface area (Å²) in [7, 11) is -3.33. The van der Waals surface area contributed by atoms with E-state index in [0.29, 0.717) is 29.0 Å². The van der Waals surface area contributed by atoms with Crippen molar-refractivity contribution in [2.75, 3.05) is 11.5 Å².